The number of H-pyrrole nitrogens is 1. The molecule has 3 aromatic rings. The largest absolute Gasteiger partial charge is 0.398 e. The second kappa shape index (κ2) is 4.56. The molecule has 3 rings (SSSR count). The molecule has 96 valence electrons. The number of nitrogens with two attached hydrogens (primary N) is 1. The van der Waals surface area contributed by atoms with Crippen molar-refractivity contribution in [1.82, 2.24) is 15.2 Å². The highest BCUT2D eigenvalue weighted by Crippen LogP contribution is 2.29. The Morgan fingerprint density at radius 3 is 3.11 bits per heavy atom. The average Bonchev–Trinajstić information content (AvgIpc) is 2.92. The number of halogens is 1. The van der Waals surface area contributed by atoms with Gasteiger partial charge < -0.3 is 11.1 Å². The molecule has 0 saturated heterocycles. The van der Waals surface area contributed by atoms with Crippen LogP contribution in [-0.4, -0.2) is 15.2 Å². The lowest BCUT2D eigenvalue weighted by Gasteiger charge is -2.11. The summed E-state index contributed by atoms with van der Waals surface area (Å²) in [4.78, 5) is 4.20. The van der Waals surface area contributed by atoms with Gasteiger partial charge in [-0.05, 0) is 18.2 Å². The summed E-state index contributed by atoms with van der Waals surface area (Å²) in [5.41, 5.74) is 7.99. The molecule has 2 aromatic heterocycles. The van der Waals surface area contributed by atoms with E-state index in [-0.39, 0.29) is 0 Å². The highest BCUT2D eigenvalue weighted by atomic mass is 19.1. The zero-order valence-corrected chi connectivity index (χ0v) is 10.0. The van der Waals surface area contributed by atoms with Crippen LogP contribution in [0.3, 0.4) is 0 Å². The van der Waals surface area contributed by atoms with Crippen LogP contribution in [-0.2, 0) is 6.54 Å². The van der Waals surface area contributed by atoms with Crippen molar-refractivity contribution in [2.75, 3.05) is 11.1 Å². The van der Waals surface area contributed by atoms with Crippen molar-refractivity contribution in [3.8, 4) is 0 Å². The molecule has 6 heteroatoms. The quantitative estimate of drug-likeness (QED) is 0.629. The van der Waals surface area contributed by atoms with E-state index in [2.05, 4.69) is 20.5 Å². The number of nitrogen functional groups attached to an aromatic ring is 1. The Morgan fingerprint density at radius 1 is 1.42 bits per heavy atom. The van der Waals surface area contributed by atoms with Crippen molar-refractivity contribution in [2.24, 2.45) is 0 Å². The van der Waals surface area contributed by atoms with Crippen molar-refractivity contribution in [3.05, 3.63) is 48.2 Å². The topological polar surface area (TPSA) is 79.6 Å². The van der Waals surface area contributed by atoms with Gasteiger partial charge in [0.25, 0.3) is 0 Å². The van der Waals surface area contributed by atoms with Gasteiger partial charge in [0.05, 0.1) is 17.4 Å². The highest BCUT2D eigenvalue weighted by Gasteiger charge is 2.11. The zero-order chi connectivity index (χ0) is 13.2. The van der Waals surface area contributed by atoms with E-state index in [1.54, 1.807) is 24.7 Å². The third kappa shape index (κ3) is 2.08. The Bertz CT molecular complexity index is 708. The Kier molecular flexibility index (Phi) is 2.75. The fraction of sp³-hybridized carbons (Fsp3) is 0.0769. The molecule has 0 spiro atoms. The number of hydrogen-bond donors (Lipinski definition) is 3. The van der Waals surface area contributed by atoms with Gasteiger partial charge >= 0.3 is 0 Å². The summed E-state index contributed by atoms with van der Waals surface area (Å²) in [6.45, 7) is 0.461. The molecule has 19 heavy (non-hydrogen) atoms. The van der Waals surface area contributed by atoms with Gasteiger partial charge in [0, 0.05) is 35.6 Å². The summed E-state index contributed by atoms with van der Waals surface area (Å²) in [5.74, 6) is -0.410. The van der Waals surface area contributed by atoms with E-state index in [0.717, 1.165) is 10.9 Å². The predicted molar refractivity (Wildman–Crippen MR) is 72.0 cm³/mol. The molecule has 0 aliphatic carbocycles. The van der Waals surface area contributed by atoms with Crippen LogP contribution in [0, 0.1) is 5.82 Å². The number of pyridine rings is 1. The van der Waals surface area contributed by atoms with Gasteiger partial charge in [-0.15, -0.1) is 0 Å². The van der Waals surface area contributed by atoms with Crippen molar-refractivity contribution in [2.45, 2.75) is 6.54 Å². The normalized spacial score (nSPS) is 10.8. The summed E-state index contributed by atoms with van der Waals surface area (Å²) in [6, 6.07) is 4.90. The van der Waals surface area contributed by atoms with Gasteiger partial charge in [0.1, 0.15) is 0 Å². The van der Waals surface area contributed by atoms with Crippen LogP contribution in [0.15, 0.2) is 36.8 Å². The van der Waals surface area contributed by atoms with Crippen LogP contribution >= 0.6 is 0 Å². The molecule has 1 aromatic carbocycles. The van der Waals surface area contributed by atoms with Crippen LogP contribution in [0.1, 0.15) is 5.56 Å². The first-order valence-corrected chi connectivity index (χ1v) is 5.80. The molecule has 0 fully saturated rings. The van der Waals surface area contributed by atoms with Crippen LogP contribution in [0.5, 0.6) is 0 Å². The van der Waals surface area contributed by atoms with E-state index in [1.807, 2.05) is 6.07 Å². The Hall–Kier alpha value is -2.63. The molecule has 0 amide bonds. The van der Waals surface area contributed by atoms with E-state index in [9.17, 15) is 4.39 Å². The van der Waals surface area contributed by atoms with Crippen LogP contribution in [0.25, 0.3) is 10.9 Å². The Morgan fingerprint density at radius 2 is 2.32 bits per heavy atom. The van der Waals surface area contributed by atoms with Crippen molar-refractivity contribution < 1.29 is 4.39 Å². The summed E-state index contributed by atoms with van der Waals surface area (Å²) in [6.07, 6.45) is 5.04. The number of rotatable bonds is 3. The van der Waals surface area contributed by atoms with Gasteiger partial charge in [0.2, 0.25) is 0 Å². The number of benzene rings is 1. The molecule has 0 bridgehead atoms. The minimum absolute atomic E-state index is 0.353. The van der Waals surface area contributed by atoms with Crippen molar-refractivity contribution >= 4 is 22.3 Å². The van der Waals surface area contributed by atoms with Gasteiger partial charge in [-0.2, -0.15) is 5.10 Å². The molecule has 2 heterocycles. The SMILES string of the molecule is Nc1cc(F)c(NCc2cn[nH]c2)c2ncccc12. The third-order valence-corrected chi connectivity index (χ3v) is 2.90. The Balaban J connectivity index is 2.02. The van der Waals surface area contributed by atoms with Gasteiger partial charge in [-0.25, -0.2) is 4.39 Å². The molecule has 0 aliphatic heterocycles. The molecule has 5 nitrogen and oxygen atoms in total. The minimum atomic E-state index is -0.410. The maximum Gasteiger partial charge on any atom is 0.150 e. The number of hydrogen-bond acceptors (Lipinski definition) is 4. The second-order valence-corrected chi connectivity index (χ2v) is 4.18. The maximum atomic E-state index is 14.0. The number of aromatic nitrogens is 3. The van der Waals surface area contributed by atoms with Crippen LogP contribution in [0.4, 0.5) is 15.8 Å². The third-order valence-electron chi connectivity index (χ3n) is 2.90. The van der Waals surface area contributed by atoms with Crippen molar-refractivity contribution in [1.29, 1.82) is 0 Å². The number of aromatic amines is 1. The second-order valence-electron chi connectivity index (χ2n) is 4.18. The number of nitrogens with one attached hydrogen (secondary N) is 2. The first kappa shape index (κ1) is 11.5. The summed E-state index contributed by atoms with van der Waals surface area (Å²) < 4.78 is 14.0. The lowest BCUT2D eigenvalue weighted by atomic mass is 10.1. The van der Waals surface area contributed by atoms with E-state index in [0.29, 0.717) is 23.4 Å². The summed E-state index contributed by atoms with van der Waals surface area (Å²) in [7, 11) is 0. The minimum Gasteiger partial charge on any atom is -0.398 e. The molecule has 0 atom stereocenters. The fourth-order valence-electron chi connectivity index (χ4n) is 1.97. The molecular formula is C13H12FN5. The smallest absolute Gasteiger partial charge is 0.150 e. The molecule has 0 unspecified atom stereocenters. The lowest BCUT2D eigenvalue weighted by Crippen LogP contribution is -2.03. The van der Waals surface area contributed by atoms with Crippen LogP contribution < -0.4 is 11.1 Å². The molecule has 4 N–H and O–H groups in total. The summed E-state index contributed by atoms with van der Waals surface area (Å²) >= 11 is 0. The summed E-state index contributed by atoms with van der Waals surface area (Å²) in [5, 5.41) is 10.3. The first-order valence-electron chi connectivity index (χ1n) is 5.80. The fourth-order valence-corrected chi connectivity index (χ4v) is 1.97. The molecule has 0 saturated carbocycles. The molecular weight excluding hydrogens is 245 g/mol. The monoisotopic (exact) mass is 257 g/mol. The van der Waals surface area contributed by atoms with Gasteiger partial charge in [-0.3, -0.25) is 10.1 Å². The van der Waals surface area contributed by atoms with Crippen LogP contribution in [0.2, 0.25) is 0 Å². The number of fused-ring (bicyclic) bond motifs is 1. The first-order chi connectivity index (χ1) is 9.25. The van der Waals surface area contributed by atoms with E-state index < -0.39 is 5.82 Å². The van der Waals surface area contributed by atoms with Crippen molar-refractivity contribution in [3.63, 3.8) is 0 Å². The predicted octanol–water partition coefficient (Wildman–Crippen LogP) is 2.29. The molecule has 0 aliphatic rings. The van der Waals surface area contributed by atoms with E-state index in [1.165, 1.54) is 6.07 Å². The van der Waals surface area contributed by atoms with Gasteiger partial charge in [-0.1, -0.05) is 0 Å². The van der Waals surface area contributed by atoms with E-state index in [4.69, 9.17) is 5.73 Å². The maximum absolute atomic E-state index is 14.0. The lowest BCUT2D eigenvalue weighted by molar-refractivity contribution is 0.632. The van der Waals surface area contributed by atoms with Gasteiger partial charge in [0.15, 0.2) is 5.82 Å². The number of nitrogens with zero attached hydrogens (tertiary/aromatic N) is 2. The highest BCUT2D eigenvalue weighted by molar-refractivity contribution is 5.98. The number of anilines is 2. The molecule has 0 radical (unpaired) electrons. The zero-order valence-electron chi connectivity index (χ0n) is 10.0. The Labute approximate surface area is 108 Å². The standard InChI is InChI=1S/C13H12FN5/c14-10-4-11(15)9-2-1-3-16-12(9)13(10)17-5-8-6-18-19-7-8/h1-4,6-7,17H,5,15H2,(H,18,19). The average molecular weight is 257 g/mol. The van der Waals surface area contributed by atoms with E-state index >= 15 is 0 Å².